The zero-order chi connectivity index (χ0) is 11.8. The summed E-state index contributed by atoms with van der Waals surface area (Å²) in [6.45, 7) is 2.56. The van der Waals surface area contributed by atoms with E-state index < -0.39 is 0 Å². The van der Waals surface area contributed by atoms with Crippen LogP contribution in [0, 0.1) is 0 Å². The summed E-state index contributed by atoms with van der Waals surface area (Å²) in [5, 5.41) is 2.94. The van der Waals surface area contributed by atoms with Crippen LogP contribution >= 0.6 is 24.8 Å². The molecule has 18 heavy (non-hydrogen) atoms. The first-order valence-corrected chi connectivity index (χ1v) is 5.59. The van der Waals surface area contributed by atoms with Crippen LogP contribution in [-0.4, -0.2) is 35.6 Å². The highest BCUT2D eigenvalue weighted by atomic mass is 35.5. The van der Waals surface area contributed by atoms with Gasteiger partial charge in [-0.25, -0.2) is 4.98 Å². The lowest BCUT2D eigenvalue weighted by Gasteiger charge is -2.13. The summed E-state index contributed by atoms with van der Waals surface area (Å²) < 4.78 is 5.14. The summed E-state index contributed by atoms with van der Waals surface area (Å²) in [6.07, 6.45) is 5.86. The summed E-state index contributed by atoms with van der Waals surface area (Å²) in [4.78, 5) is 18.6. The minimum Gasteiger partial charge on any atom is -0.465 e. The molecule has 0 saturated heterocycles. The van der Waals surface area contributed by atoms with Gasteiger partial charge in [-0.05, 0) is 13.5 Å². The molecule has 0 spiro atoms. The van der Waals surface area contributed by atoms with Crippen LogP contribution in [0.15, 0.2) is 12.5 Å². The van der Waals surface area contributed by atoms with Crippen molar-refractivity contribution in [3.05, 3.63) is 18.2 Å². The molecule has 0 aliphatic carbocycles. The second-order valence-corrected chi connectivity index (χ2v) is 3.63. The first-order valence-electron chi connectivity index (χ1n) is 5.59. The van der Waals surface area contributed by atoms with Crippen LogP contribution in [0.2, 0.25) is 0 Å². The number of likely N-dealkylation sites (N-methyl/N-ethyl adjacent to an activating group) is 1. The second kappa shape index (κ2) is 11.3. The van der Waals surface area contributed by atoms with Crippen molar-refractivity contribution >= 4 is 30.8 Å². The number of H-pyrrole nitrogens is 1. The van der Waals surface area contributed by atoms with Crippen LogP contribution in [-0.2, 0) is 16.0 Å². The van der Waals surface area contributed by atoms with E-state index in [1.165, 1.54) is 0 Å². The molecule has 2 N–H and O–H groups in total. The van der Waals surface area contributed by atoms with Crippen LogP contribution < -0.4 is 5.32 Å². The predicted octanol–water partition coefficient (Wildman–Crippen LogP) is 1.73. The molecule has 0 fully saturated rings. The van der Waals surface area contributed by atoms with Crippen LogP contribution in [0.25, 0.3) is 0 Å². The van der Waals surface area contributed by atoms with Gasteiger partial charge in [-0.1, -0.05) is 13.3 Å². The zero-order valence-electron chi connectivity index (χ0n) is 10.6. The number of carbonyl (C=O) groups excluding carboxylic acids is 1. The van der Waals surface area contributed by atoms with Crippen LogP contribution in [0.1, 0.15) is 25.5 Å². The van der Waals surface area contributed by atoms with Gasteiger partial charge < -0.3 is 15.0 Å². The number of imidazole rings is 1. The number of rotatable bonds is 7. The Kier molecular flexibility index (Phi) is 12.3. The molecular weight excluding hydrogens is 277 g/mol. The molecule has 0 bridgehead atoms. The van der Waals surface area contributed by atoms with E-state index in [1.807, 2.05) is 0 Å². The zero-order valence-corrected chi connectivity index (χ0v) is 12.3. The van der Waals surface area contributed by atoms with Gasteiger partial charge in [-0.2, -0.15) is 0 Å². The van der Waals surface area contributed by atoms with E-state index >= 15 is 0 Å². The maximum absolute atomic E-state index is 11.7. The van der Waals surface area contributed by atoms with E-state index in [-0.39, 0.29) is 36.8 Å². The normalized spacial score (nSPS) is 11.0. The Morgan fingerprint density at radius 1 is 1.56 bits per heavy atom. The Bertz CT molecular complexity index is 307. The highest BCUT2D eigenvalue weighted by Crippen LogP contribution is 2.01. The largest absolute Gasteiger partial charge is 0.465 e. The Morgan fingerprint density at radius 3 is 2.78 bits per heavy atom. The highest BCUT2D eigenvalue weighted by Gasteiger charge is 2.18. The monoisotopic (exact) mass is 297 g/mol. The third-order valence-electron chi connectivity index (χ3n) is 2.34. The van der Waals surface area contributed by atoms with Gasteiger partial charge in [0, 0.05) is 12.6 Å². The molecule has 1 heterocycles. The molecule has 0 amide bonds. The third kappa shape index (κ3) is 6.83. The van der Waals surface area contributed by atoms with Gasteiger partial charge in [0.15, 0.2) is 0 Å². The lowest BCUT2D eigenvalue weighted by atomic mass is 10.2. The van der Waals surface area contributed by atoms with Gasteiger partial charge in [0.2, 0.25) is 0 Å². The molecule has 0 radical (unpaired) electrons. The Morgan fingerprint density at radius 2 is 2.28 bits per heavy atom. The maximum atomic E-state index is 11.7. The average Bonchev–Trinajstić information content (AvgIpc) is 2.78. The smallest absolute Gasteiger partial charge is 0.323 e. The SMILES string of the molecule is CCCCOC(=O)[C@H](Cc1c[nH]cn1)NC.Cl.Cl. The van der Waals surface area contributed by atoms with Gasteiger partial charge >= 0.3 is 5.97 Å². The lowest BCUT2D eigenvalue weighted by molar-refractivity contribution is -0.146. The summed E-state index contributed by atoms with van der Waals surface area (Å²) in [6, 6.07) is -0.319. The molecule has 1 aromatic rings. The number of unbranched alkanes of at least 4 members (excludes halogenated alkanes) is 1. The number of aromatic amines is 1. The molecule has 0 unspecified atom stereocenters. The fraction of sp³-hybridized carbons (Fsp3) is 0.636. The minimum atomic E-state index is -0.319. The fourth-order valence-electron chi connectivity index (χ4n) is 1.33. The number of halogens is 2. The number of ether oxygens (including phenoxy) is 1. The van der Waals surface area contributed by atoms with Crippen LogP contribution in [0.3, 0.4) is 0 Å². The van der Waals surface area contributed by atoms with Gasteiger partial charge in [0.25, 0.3) is 0 Å². The molecule has 1 atom stereocenters. The quantitative estimate of drug-likeness (QED) is 0.594. The van der Waals surface area contributed by atoms with Crippen molar-refractivity contribution in [1.82, 2.24) is 15.3 Å². The molecule has 5 nitrogen and oxygen atoms in total. The van der Waals surface area contributed by atoms with Crippen molar-refractivity contribution in [3.8, 4) is 0 Å². The topological polar surface area (TPSA) is 67.0 Å². The van der Waals surface area contributed by atoms with Crippen molar-refractivity contribution in [2.24, 2.45) is 0 Å². The molecular formula is C11H21Cl2N3O2. The average molecular weight is 298 g/mol. The second-order valence-electron chi connectivity index (χ2n) is 3.63. The standard InChI is InChI=1S/C11H19N3O2.2ClH/c1-3-4-5-16-11(15)10(12-2)6-9-7-13-8-14-9;;/h7-8,10,12H,3-6H2,1-2H3,(H,13,14);2*1H/t10-;;/m0../s1. The molecule has 7 heteroatoms. The van der Waals surface area contributed by atoms with Gasteiger partial charge in [-0.15, -0.1) is 24.8 Å². The molecule has 0 aliphatic rings. The number of hydrogen-bond acceptors (Lipinski definition) is 4. The number of aromatic nitrogens is 2. The maximum Gasteiger partial charge on any atom is 0.323 e. The van der Waals surface area contributed by atoms with Gasteiger partial charge in [-0.3, -0.25) is 4.79 Å². The van der Waals surface area contributed by atoms with Crippen LogP contribution in [0.5, 0.6) is 0 Å². The van der Waals surface area contributed by atoms with Crippen LogP contribution in [0.4, 0.5) is 0 Å². The Labute approximate surface area is 120 Å². The number of esters is 1. The van der Waals surface area contributed by atoms with E-state index in [0.29, 0.717) is 13.0 Å². The number of hydrogen-bond donors (Lipinski definition) is 2. The number of nitrogens with one attached hydrogen (secondary N) is 2. The molecule has 0 aliphatic heterocycles. The highest BCUT2D eigenvalue weighted by molar-refractivity contribution is 5.85. The molecule has 106 valence electrons. The van der Waals surface area contributed by atoms with Crippen molar-refractivity contribution in [2.45, 2.75) is 32.2 Å². The lowest BCUT2D eigenvalue weighted by Crippen LogP contribution is -2.37. The Balaban J connectivity index is 0. The molecule has 1 rings (SSSR count). The Hall–Kier alpha value is -0.780. The molecule has 0 aromatic carbocycles. The minimum absolute atomic E-state index is 0. The van der Waals surface area contributed by atoms with E-state index in [1.54, 1.807) is 19.6 Å². The fourth-order valence-corrected chi connectivity index (χ4v) is 1.33. The summed E-state index contributed by atoms with van der Waals surface area (Å²) >= 11 is 0. The van der Waals surface area contributed by atoms with Gasteiger partial charge in [0.05, 0.1) is 18.6 Å². The molecule has 0 saturated carbocycles. The van der Waals surface area contributed by atoms with Crippen molar-refractivity contribution in [3.63, 3.8) is 0 Å². The predicted molar refractivity (Wildman–Crippen MR) is 75.5 cm³/mol. The number of nitrogens with zero attached hydrogens (tertiary/aromatic N) is 1. The number of carbonyl (C=O) groups is 1. The third-order valence-corrected chi connectivity index (χ3v) is 2.34. The van der Waals surface area contributed by atoms with Crippen molar-refractivity contribution < 1.29 is 9.53 Å². The van der Waals surface area contributed by atoms with E-state index in [4.69, 9.17) is 4.74 Å². The summed E-state index contributed by atoms with van der Waals surface area (Å²) in [7, 11) is 1.75. The van der Waals surface area contributed by atoms with E-state index in [2.05, 4.69) is 22.2 Å². The van der Waals surface area contributed by atoms with Crippen molar-refractivity contribution in [1.29, 1.82) is 0 Å². The van der Waals surface area contributed by atoms with Gasteiger partial charge in [0.1, 0.15) is 6.04 Å². The van der Waals surface area contributed by atoms with E-state index in [9.17, 15) is 4.79 Å². The first-order chi connectivity index (χ1) is 7.77. The summed E-state index contributed by atoms with van der Waals surface area (Å²) in [5.74, 6) is -0.209. The summed E-state index contributed by atoms with van der Waals surface area (Å²) in [5.41, 5.74) is 0.854. The first kappa shape index (κ1) is 19.6. The van der Waals surface area contributed by atoms with E-state index in [0.717, 1.165) is 18.5 Å². The van der Waals surface area contributed by atoms with Crippen molar-refractivity contribution in [2.75, 3.05) is 13.7 Å². The molecule has 1 aromatic heterocycles.